The predicted molar refractivity (Wildman–Crippen MR) is 133 cm³/mol. The van der Waals surface area contributed by atoms with Crippen molar-refractivity contribution in [2.24, 2.45) is 0 Å². The van der Waals surface area contributed by atoms with Gasteiger partial charge in [0.2, 0.25) is 0 Å². The van der Waals surface area contributed by atoms with Crippen LogP contribution in [0.25, 0.3) is 5.69 Å². The lowest BCUT2D eigenvalue weighted by Gasteiger charge is -2.28. The molecule has 168 valence electrons. The Bertz CT molecular complexity index is 1110. The molecule has 0 aliphatic carbocycles. The highest BCUT2D eigenvalue weighted by Gasteiger charge is 2.41. The molecule has 1 aliphatic rings. The zero-order valence-corrected chi connectivity index (χ0v) is 20.4. The molecule has 0 spiro atoms. The van der Waals surface area contributed by atoms with Gasteiger partial charge in [0, 0.05) is 43.5 Å². The van der Waals surface area contributed by atoms with Gasteiger partial charge in [-0.3, -0.25) is 4.98 Å². The summed E-state index contributed by atoms with van der Waals surface area (Å²) in [5, 5.41) is 4.33. The van der Waals surface area contributed by atoms with E-state index in [9.17, 15) is 0 Å². The Kier molecular flexibility index (Phi) is 6.63. The van der Waals surface area contributed by atoms with Crippen LogP contribution in [0.15, 0.2) is 48.7 Å². The van der Waals surface area contributed by atoms with Gasteiger partial charge in [-0.1, -0.05) is 18.2 Å². The number of thiocarbonyl (C=S) groups is 1. The van der Waals surface area contributed by atoms with E-state index in [0.29, 0.717) is 6.61 Å². The van der Waals surface area contributed by atoms with Crippen LogP contribution in [0, 0.1) is 27.7 Å². The lowest BCUT2D eigenvalue weighted by molar-refractivity contribution is 0.180. The number of nitrogens with zero attached hydrogens (tertiary/aromatic N) is 3. The van der Waals surface area contributed by atoms with E-state index in [4.69, 9.17) is 17.0 Å². The lowest BCUT2D eigenvalue weighted by Crippen LogP contribution is -2.31. The molecule has 1 saturated heterocycles. The lowest BCUT2D eigenvalue weighted by atomic mass is 9.96. The average Bonchev–Trinajstić information content (AvgIpc) is 3.26. The van der Waals surface area contributed by atoms with Gasteiger partial charge >= 0.3 is 0 Å². The van der Waals surface area contributed by atoms with E-state index in [2.05, 4.69) is 77.8 Å². The number of aromatic nitrogens is 2. The van der Waals surface area contributed by atoms with Gasteiger partial charge in [-0.2, -0.15) is 0 Å². The quantitative estimate of drug-likeness (QED) is 0.402. The highest BCUT2D eigenvalue weighted by molar-refractivity contribution is 7.80. The molecule has 0 radical (unpaired) electrons. The smallest absolute Gasteiger partial charge is 0.170 e. The molecule has 3 aromatic rings. The van der Waals surface area contributed by atoms with Gasteiger partial charge in [-0.05, 0) is 87.3 Å². The molecule has 32 heavy (non-hydrogen) atoms. The number of ether oxygens (including phenoxy) is 1. The van der Waals surface area contributed by atoms with Gasteiger partial charge in [0.1, 0.15) is 0 Å². The van der Waals surface area contributed by atoms with Gasteiger partial charge in [-0.15, -0.1) is 0 Å². The molecule has 0 amide bonds. The minimum atomic E-state index is -0.00111. The molecular weight excluding hydrogens is 416 g/mol. The Morgan fingerprint density at radius 2 is 1.91 bits per heavy atom. The van der Waals surface area contributed by atoms with Gasteiger partial charge in [-0.25, -0.2) is 0 Å². The summed E-state index contributed by atoms with van der Waals surface area (Å²) in [4.78, 5) is 6.97. The van der Waals surface area contributed by atoms with Crippen molar-refractivity contribution in [2.45, 2.75) is 46.2 Å². The van der Waals surface area contributed by atoms with E-state index >= 15 is 0 Å². The Hall–Kier alpha value is -2.70. The molecule has 6 heteroatoms. The number of aryl methyl sites for hydroxylation is 2. The first-order valence-corrected chi connectivity index (χ1v) is 11.6. The van der Waals surface area contributed by atoms with E-state index in [0.717, 1.165) is 23.8 Å². The Morgan fingerprint density at radius 1 is 1.09 bits per heavy atom. The van der Waals surface area contributed by atoms with Crippen LogP contribution in [0.5, 0.6) is 0 Å². The van der Waals surface area contributed by atoms with Gasteiger partial charge < -0.3 is 19.5 Å². The molecule has 2 unspecified atom stereocenters. The summed E-state index contributed by atoms with van der Waals surface area (Å²) in [5.74, 6) is 0. The second-order valence-electron chi connectivity index (χ2n) is 8.55. The molecule has 5 nitrogen and oxygen atoms in total. The number of methoxy groups -OCH3 is 1. The third-order valence-corrected chi connectivity index (χ3v) is 6.90. The summed E-state index contributed by atoms with van der Waals surface area (Å²) in [5.41, 5.74) is 8.59. The third-order valence-electron chi connectivity index (χ3n) is 6.55. The summed E-state index contributed by atoms with van der Waals surface area (Å²) in [6.45, 7) is 10.3. The maximum Gasteiger partial charge on any atom is 0.170 e. The van der Waals surface area contributed by atoms with Crippen LogP contribution in [0.2, 0.25) is 0 Å². The van der Waals surface area contributed by atoms with Gasteiger partial charge in [0.25, 0.3) is 0 Å². The molecule has 3 heterocycles. The minimum Gasteiger partial charge on any atom is -0.385 e. The second kappa shape index (κ2) is 9.43. The molecule has 2 aromatic heterocycles. The fourth-order valence-corrected chi connectivity index (χ4v) is 5.13. The molecule has 2 atom stereocenters. The van der Waals surface area contributed by atoms with Gasteiger partial charge in [0.15, 0.2) is 5.11 Å². The number of rotatable bonds is 7. The van der Waals surface area contributed by atoms with Gasteiger partial charge in [0.05, 0.1) is 17.8 Å². The van der Waals surface area contributed by atoms with Crippen molar-refractivity contribution in [3.8, 4) is 5.69 Å². The van der Waals surface area contributed by atoms with Crippen molar-refractivity contribution in [3.63, 3.8) is 0 Å². The highest BCUT2D eigenvalue weighted by Crippen LogP contribution is 2.41. The average molecular weight is 449 g/mol. The van der Waals surface area contributed by atoms with Crippen molar-refractivity contribution < 1.29 is 4.74 Å². The molecule has 4 rings (SSSR count). The van der Waals surface area contributed by atoms with Crippen LogP contribution in [0.3, 0.4) is 0 Å². The highest BCUT2D eigenvalue weighted by atomic mass is 32.1. The zero-order valence-electron chi connectivity index (χ0n) is 19.6. The van der Waals surface area contributed by atoms with Crippen molar-refractivity contribution in [1.29, 1.82) is 0 Å². The normalized spacial score (nSPS) is 18.3. The fraction of sp³-hybridized carbons (Fsp3) is 0.385. The zero-order chi connectivity index (χ0) is 22.8. The van der Waals surface area contributed by atoms with E-state index in [1.807, 2.05) is 18.3 Å². The van der Waals surface area contributed by atoms with Crippen molar-refractivity contribution in [2.75, 3.05) is 20.3 Å². The van der Waals surface area contributed by atoms with E-state index in [-0.39, 0.29) is 12.1 Å². The summed E-state index contributed by atoms with van der Waals surface area (Å²) in [6.07, 6.45) is 2.77. The standard InChI is InChI=1S/C26H32N4OS/c1-17-10-8-12-23(19(17)3)30-18(2)16-21(20(30)4)25-24(22-11-6-7-13-27-22)28-26(32)29(25)14-9-15-31-5/h6-8,10-13,16,24-25H,9,14-15H2,1-5H3,(H,28,32). The number of hydrogen-bond acceptors (Lipinski definition) is 3. The number of hydrogen-bond donors (Lipinski definition) is 1. The van der Waals surface area contributed by atoms with Crippen molar-refractivity contribution in [1.82, 2.24) is 19.8 Å². The van der Waals surface area contributed by atoms with Crippen molar-refractivity contribution in [3.05, 3.63) is 82.4 Å². The maximum absolute atomic E-state index is 5.80. The number of benzene rings is 1. The maximum atomic E-state index is 5.80. The largest absolute Gasteiger partial charge is 0.385 e. The molecule has 1 N–H and O–H groups in total. The SMILES string of the molecule is COCCCN1C(=S)NC(c2ccccn2)C1c1cc(C)n(-c2cccc(C)c2C)c1C. The fourth-order valence-electron chi connectivity index (χ4n) is 4.80. The Labute approximate surface area is 196 Å². The Balaban J connectivity index is 1.82. The van der Waals surface area contributed by atoms with Crippen LogP contribution in [-0.4, -0.2) is 39.8 Å². The Morgan fingerprint density at radius 3 is 2.62 bits per heavy atom. The topological polar surface area (TPSA) is 42.3 Å². The third kappa shape index (κ3) is 4.05. The molecule has 0 bridgehead atoms. The molecule has 1 aromatic carbocycles. The molecule has 1 fully saturated rings. The summed E-state index contributed by atoms with van der Waals surface area (Å²) in [6, 6.07) is 15.0. The summed E-state index contributed by atoms with van der Waals surface area (Å²) >= 11 is 5.80. The summed E-state index contributed by atoms with van der Waals surface area (Å²) < 4.78 is 7.69. The van der Waals surface area contributed by atoms with Crippen LogP contribution in [-0.2, 0) is 4.74 Å². The second-order valence-corrected chi connectivity index (χ2v) is 8.93. The van der Waals surface area contributed by atoms with Crippen LogP contribution in [0.4, 0.5) is 0 Å². The molecule has 0 saturated carbocycles. The first-order chi connectivity index (χ1) is 15.4. The number of nitrogens with one attached hydrogen (secondary N) is 1. The summed E-state index contributed by atoms with van der Waals surface area (Å²) in [7, 11) is 1.74. The molecular formula is C26H32N4OS. The van der Waals surface area contributed by atoms with Crippen molar-refractivity contribution >= 4 is 17.3 Å². The first-order valence-electron chi connectivity index (χ1n) is 11.2. The van der Waals surface area contributed by atoms with E-state index < -0.39 is 0 Å². The van der Waals surface area contributed by atoms with E-state index in [1.165, 1.54) is 33.8 Å². The number of pyridine rings is 1. The van der Waals surface area contributed by atoms with Crippen LogP contribution < -0.4 is 5.32 Å². The first kappa shape index (κ1) is 22.5. The van der Waals surface area contributed by atoms with Crippen LogP contribution >= 0.6 is 12.2 Å². The van der Waals surface area contributed by atoms with E-state index in [1.54, 1.807) is 7.11 Å². The predicted octanol–water partition coefficient (Wildman–Crippen LogP) is 5.11. The molecule has 1 aliphatic heterocycles. The monoisotopic (exact) mass is 448 g/mol. The minimum absolute atomic E-state index is 0.00111. The van der Waals surface area contributed by atoms with Crippen LogP contribution in [0.1, 0.15) is 52.3 Å².